The maximum absolute atomic E-state index is 12.2. The summed E-state index contributed by atoms with van der Waals surface area (Å²) in [6.07, 6.45) is 0.617. The molecule has 0 aliphatic heterocycles. The Morgan fingerprint density at radius 1 is 1.03 bits per heavy atom. The van der Waals surface area contributed by atoms with E-state index in [4.69, 9.17) is 4.98 Å². The molecule has 30 heavy (non-hydrogen) atoms. The summed E-state index contributed by atoms with van der Waals surface area (Å²) in [6, 6.07) is 13.9. The molecule has 2 heterocycles. The Morgan fingerprint density at radius 3 is 2.57 bits per heavy atom. The van der Waals surface area contributed by atoms with Crippen molar-refractivity contribution in [1.29, 1.82) is 0 Å². The molecule has 0 unspecified atom stereocenters. The first-order valence-electron chi connectivity index (χ1n) is 9.56. The van der Waals surface area contributed by atoms with Gasteiger partial charge in [0.15, 0.2) is 5.65 Å². The Bertz CT molecular complexity index is 1280. The van der Waals surface area contributed by atoms with Gasteiger partial charge in [-0.15, -0.1) is 0 Å². The van der Waals surface area contributed by atoms with Gasteiger partial charge in [-0.1, -0.05) is 24.3 Å². The first kappa shape index (κ1) is 19.4. The molecule has 2 aromatic carbocycles. The quantitative estimate of drug-likeness (QED) is 0.454. The van der Waals surface area contributed by atoms with Crippen molar-refractivity contribution in [3.63, 3.8) is 0 Å². The van der Waals surface area contributed by atoms with E-state index in [-0.39, 0.29) is 23.6 Å². The van der Waals surface area contributed by atoms with Crippen molar-refractivity contribution >= 4 is 28.4 Å². The number of nitrogens with one attached hydrogen (secondary N) is 2. The number of hydrogen-bond donors (Lipinski definition) is 3. The van der Waals surface area contributed by atoms with E-state index < -0.39 is 5.91 Å². The van der Waals surface area contributed by atoms with E-state index in [1.807, 2.05) is 42.6 Å². The SMILES string of the molecule is Cc1nc2c3ccccc3nn2c(C)c1CCC(=O)NNC(=O)c1ccccc1O. The average molecular weight is 403 g/mol. The number of amides is 2. The van der Waals surface area contributed by atoms with Crippen LogP contribution in [-0.2, 0) is 11.2 Å². The molecular formula is C22H21N5O3. The number of aromatic hydroxyl groups is 1. The van der Waals surface area contributed by atoms with Gasteiger partial charge in [-0.3, -0.25) is 20.4 Å². The van der Waals surface area contributed by atoms with Crippen molar-refractivity contribution < 1.29 is 14.7 Å². The summed E-state index contributed by atoms with van der Waals surface area (Å²) in [5.74, 6) is -1.08. The van der Waals surface area contributed by atoms with Crippen LogP contribution in [0.1, 0.15) is 33.7 Å². The maximum Gasteiger partial charge on any atom is 0.273 e. The average Bonchev–Trinajstić information content (AvgIpc) is 3.11. The molecule has 0 atom stereocenters. The van der Waals surface area contributed by atoms with Crippen LogP contribution in [0.4, 0.5) is 0 Å². The minimum Gasteiger partial charge on any atom is -0.507 e. The van der Waals surface area contributed by atoms with Gasteiger partial charge in [-0.25, -0.2) is 9.50 Å². The summed E-state index contributed by atoms with van der Waals surface area (Å²) in [5.41, 5.74) is 9.17. The van der Waals surface area contributed by atoms with Crippen LogP contribution in [-0.4, -0.2) is 31.5 Å². The summed E-state index contributed by atoms with van der Waals surface area (Å²) in [7, 11) is 0. The number of para-hydroxylation sites is 1. The first-order valence-corrected chi connectivity index (χ1v) is 9.56. The van der Waals surface area contributed by atoms with Crippen molar-refractivity contribution in [2.45, 2.75) is 26.7 Å². The molecule has 2 amide bonds. The van der Waals surface area contributed by atoms with E-state index in [1.165, 1.54) is 12.1 Å². The summed E-state index contributed by atoms with van der Waals surface area (Å²) in [6.45, 7) is 3.88. The molecule has 0 fully saturated rings. The Labute approximate surface area is 172 Å². The topological polar surface area (TPSA) is 109 Å². The van der Waals surface area contributed by atoms with Crippen LogP contribution in [0.2, 0.25) is 0 Å². The number of carbonyl (C=O) groups is 2. The van der Waals surface area contributed by atoms with Crippen LogP contribution >= 0.6 is 0 Å². The lowest BCUT2D eigenvalue weighted by Crippen LogP contribution is -2.41. The number of rotatable bonds is 4. The predicted molar refractivity (Wildman–Crippen MR) is 112 cm³/mol. The van der Waals surface area contributed by atoms with Crippen LogP contribution in [0.15, 0.2) is 48.5 Å². The second-order valence-corrected chi connectivity index (χ2v) is 7.03. The fraction of sp³-hybridized carbons (Fsp3) is 0.182. The van der Waals surface area contributed by atoms with E-state index >= 15 is 0 Å². The van der Waals surface area contributed by atoms with E-state index in [1.54, 1.807) is 12.1 Å². The lowest BCUT2D eigenvalue weighted by atomic mass is 10.1. The molecule has 4 aromatic rings. The smallest absolute Gasteiger partial charge is 0.273 e. The Hall–Kier alpha value is -3.94. The maximum atomic E-state index is 12.2. The molecule has 0 radical (unpaired) electrons. The number of nitrogens with zero attached hydrogens (tertiary/aromatic N) is 3. The van der Waals surface area contributed by atoms with Crippen LogP contribution < -0.4 is 10.9 Å². The molecule has 8 heteroatoms. The minimum atomic E-state index is -0.583. The minimum absolute atomic E-state index is 0.0879. The summed E-state index contributed by atoms with van der Waals surface area (Å²) < 4.78 is 1.81. The number of benzene rings is 2. The second kappa shape index (κ2) is 7.82. The highest BCUT2D eigenvalue weighted by Crippen LogP contribution is 2.23. The van der Waals surface area contributed by atoms with Gasteiger partial charge in [0, 0.05) is 23.2 Å². The summed E-state index contributed by atoms with van der Waals surface area (Å²) >= 11 is 0. The lowest BCUT2D eigenvalue weighted by molar-refractivity contribution is -0.121. The van der Waals surface area contributed by atoms with E-state index in [0.29, 0.717) is 6.42 Å². The van der Waals surface area contributed by atoms with Crippen molar-refractivity contribution in [1.82, 2.24) is 25.4 Å². The van der Waals surface area contributed by atoms with Gasteiger partial charge in [0.1, 0.15) is 5.75 Å². The fourth-order valence-corrected chi connectivity index (χ4v) is 3.50. The lowest BCUT2D eigenvalue weighted by Gasteiger charge is -2.12. The molecule has 8 nitrogen and oxygen atoms in total. The molecule has 0 aliphatic rings. The Balaban J connectivity index is 1.45. The van der Waals surface area contributed by atoms with Gasteiger partial charge in [-0.2, -0.15) is 5.10 Å². The number of hydrazine groups is 1. The van der Waals surface area contributed by atoms with Gasteiger partial charge < -0.3 is 5.11 Å². The third-order valence-electron chi connectivity index (χ3n) is 5.08. The van der Waals surface area contributed by atoms with Crippen molar-refractivity contribution in [3.8, 4) is 5.75 Å². The number of phenolic OH excluding ortho intramolecular Hbond substituents is 1. The molecule has 0 saturated carbocycles. The van der Waals surface area contributed by atoms with Crippen LogP contribution in [0.3, 0.4) is 0 Å². The van der Waals surface area contributed by atoms with Crippen molar-refractivity contribution in [3.05, 3.63) is 71.0 Å². The van der Waals surface area contributed by atoms with Crippen molar-refractivity contribution in [2.24, 2.45) is 0 Å². The van der Waals surface area contributed by atoms with Crippen LogP contribution in [0.5, 0.6) is 5.75 Å². The van der Waals surface area contributed by atoms with Crippen LogP contribution in [0.25, 0.3) is 16.6 Å². The van der Waals surface area contributed by atoms with Crippen molar-refractivity contribution in [2.75, 3.05) is 0 Å². The highest BCUT2D eigenvalue weighted by molar-refractivity contribution is 5.97. The normalized spacial score (nSPS) is 11.0. The summed E-state index contributed by atoms with van der Waals surface area (Å²) in [5, 5.41) is 15.3. The number of carbonyl (C=O) groups excluding carboxylic acids is 2. The van der Waals surface area contributed by atoms with Gasteiger partial charge in [0.25, 0.3) is 5.91 Å². The Morgan fingerprint density at radius 2 is 1.77 bits per heavy atom. The fourth-order valence-electron chi connectivity index (χ4n) is 3.50. The standard InChI is InChI=1S/C22H21N5O3/c1-13-15(14(2)27-21(23-13)16-7-3-5-9-18(16)26-27)11-12-20(29)24-25-22(30)17-8-4-6-10-19(17)28/h3-10,28H,11-12H2,1-2H3,(H,24,29)(H,25,30). The molecule has 4 rings (SSSR count). The second-order valence-electron chi connectivity index (χ2n) is 7.03. The largest absolute Gasteiger partial charge is 0.507 e. The molecule has 0 bridgehead atoms. The number of hydrogen-bond acceptors (Lipinski definition) is 5. The molecule has 0 spiro atoms. The van der Waals surface area contributed by atoms with Crippen LogP contribution in [0, 0.1) is 13.8 Å². The van der Waals surface area contributed by atoms with Gasteiger partial charge in [0.05, 0.1) is 11.1 Å². The molecule has 152 valence electrons. The molecule has 3 N–H and O–H groups in total. The number of aromatic nitrogens is 3. The highest BCUT2D eigenvalue weighted by Gasteiger charge is 2.16. The zero-order valence-electron chi connectivity index (χ0n) is 16.6. The molecular weight excluding hydrogens is 382 g/mol. The van der Waals surface area contributed by atoms with Gasteiger partial charge >= 0.3 is 0 Å². The number of fused-ring (bicyclic) bond motifs is 3. The van der Waals surface area contributed by atoms with E-state index in [0.717, 1.165) is 33.5 Å². The monoisotopic (exact) mass is 403 g/mol. The third-order valence-corrected chi connectivity index (χ3v) is 5.08. The number of aryl methyl sites for hydroxylation is 2. The molecule has 0 saturated heterocycles. The zero-order valence-corrected chi connectivity index (χ0v) is 16.6. The van der Waals surface area contributed by atoms with Gasteiger partial charge in [0.2, 0.25) is 5.91 Å². The van der Waals surface area contributed by atoms with E-state index in [9.17, 15) is 14.7 Å². The number of phenols is 1. The molecule has 2 aromatic heterocycles. The third kappa shape index (κ3) is 3.55. The zero-order chi connectivity index (χ0) is 21.3. The highest BCUT2D eigenvalue weighted by atomic mass is 16.3. The first-order chi connectivity index (χ1) is 14.5. The summed E-state index contributed by atoms with van der Waals surface area (Å²) in [4.78, 5) is 29.0. The molecule has 0 aliphatic carbocycles. The predicted octanol–water partition coefficient (Wildman–Crippen LogP) is 2.60. The Kier molecular flexibility index (Phi) is 5.05. The van der Waals surface area contributed by atoms with Gasteiger partial charge in [-0.05, 0) is 50.1 Å². The van der Waals surface area contributed by atoms with E-state index in [2.05, 4.69) is 16.0 Å².